The van der Waals surface area contributed by atoms with Crippen LogP contribution in [0.25, 0.3) is 0 Å². The number of hydrogen-bond acceptors (Lipinski definition) is 1. The van der Waals surface area contributed by atoms with Crippen LogP contribution in [0.1, 0.15) is 28.4 Å². The Hall–Kier alpha value is -1.13. The Bertz CT molecular complexity index is 638. The number of amides is 1. The van der Waals surface area contributed by atoms with E-state index in [2.05, 4.69) is 63.0 Å². The van der Waals surface area contributed by atoms with E-state index in [1.165, 1.54) is 5.56 Å². The molecule has 2 rings (SSSR count). The van der Waals surface area contributed by atoms with Crippen LogP contribution in [-0.2, 0) is 13.0 Å². The van der Waals surface area contributed by atoms with E-state index in [4.69, 9.17) is 0 Å². The van der Waals surface area contributed by atoms with Crippen LogP contribution in [0.2, 0.25) is 0 Å². The quantitative estimate of drug-likeness (QED) is 0.690. The molecule has 0 unspecified atom stereocenters. The number of halogens is 2. The second-order valence-corrected chi connectivity index (χ2v) is 6.73. The summed E-state index contributed by atoms with van der Waals surface area (Å²) in [5, 5.41) is 0. The van der Waals surface area contributed by atoms with Crippen LogP contribution in [0.3, 0.4) is 0 Å². The molecule has 2 nitrogen and oxygen atoms in total. The Labute approximate surface area is 142 Å². The molecule has 0 aliphatic carbocycles. The lowest BCUT2D eigenvalue weighted by Crippen LogP contribution is -2.26. The Morgan fingerprint density at radius 2 is 1.67 bits per heavy atom. The number of benzene rings is 2. The zero-order valence-electron chi connectivity index (χ0n) is 12.1. The zero-order chi connectivity index (χ0) is 15.4. The maximum atomic E-state index is 12.5. The van der Waals surface area contributed by atoms with Gasteiger partial charge in [0.15, 0.2) is 0 Å². The van der Waals surface area contributed by atoms with Crippen LogP contribution in [0.15, 0.2) is 51.4 Å². The number of nitrogens with zero attached hydrogens (tertiary/aromatic N) is 1. The highest BCUT2D eigenvalue weighted by Gasteiger charge is 2.15. The van der Waals surface area contributed by atoms with Gasteiger partial charge in [0.25, 0.3) is 5.91 Å². The van der Waals surface area contributed by atoms with Crippen molar-refractivity contribution < 1.29 is 4.79 Å². The molecule has 0 aliphatic rings. The van der Waals surface area contributed by atoms with Crippen molar-refractivity contribution >= 4 is 37.8 Å². The summed E-state index contributed by atoms with van der Waals surface area (Å²) in [5.41, 5.74) is 3.12. The van der Waals surface area contributed by atoms with E-state index in [1.807, 2.05) is 25.2 Å². The van der Waals surface area contributed by atoms with Gasteiger partial charge >= 0.3 is 0 Å². The van der Waals surface area contributed by atoms with Gasteiger partial charge < -0.3 is 4.90 Å². The van der Waals surface area contributed by atoms with Gasteiger partial charge in [-0.2, -0.15) is 0 Å². The van der Waals surface area contributed by atoms with Crippen LogP contribution in [-0.4, -0.2) is 17.9 Å². The second kappa shape index (κ2) is 7.23. The number of aryl methyl sites for hydroxylation is 1. The highest BCUT2D eigenvalue weighted by Crippen LogP contribution is 2.23. The van der Waals surface area contributed by atoms with Crippen molar-refractivity contribution in [3.05, 3.63) is 68.1 Å². The minimum atomic E-state index is 0.00828. The first kappa shape index (κ1) is 16.2. The molecule has 1 amide bonds. The standard InChI is InChI=1S/C17H17Br2NO/c1-3-12-4-6-13(7-5-12)11-20(2)17(21)15-9-8-14(18)10-16(15)19/h4-10H,3,11H2,1-2H3. The summed E-state index contributed by atoms with van der Waals surface area (Å²) in [6.07, 6.45) is 1.03. The van der Waals surface area contributed by atoms with Crippen LogP contribution in [0.4, 0.5) is 0 Å². The van der Waals surface area contributed by atoms with Gasteiger partial charge in [0.05, 0.1) is 5.56 Å². The van der Waals surface area contributed by atoms with Crippen molar-refractivity contribution in [3.8, 4) is 0 Å². The summed E-state index contributed by atoms with van der Waals surface area (Å²) in [5.74, 6) is 0.00828. The number of carbonyl (C=O) groups excluding carboxylic acids is 1. The van der Waals surface area contributed by atoms with Crippen LogP contribution < -0.4 is 0 Å². The normalized spacial score (nSPS) is 10.5. The van der Waals surface area contributed by atoms with Crippen LogP contribution >= 0.6 is 31.9 Å². The smallest absolute Gasteiger partial charge is 0.255 e. The zero-order valence-corrected chi connectivity index (χ0v) is 15.2. The van der Waals surface area contributed by atoms with E-state index >= 15 is 0 Å². The van der Waals surface area contributed by atoms with Gasteiger partial charge in [-0.25, -0.2) is 0 Å². The Balaban J connectivity index is 2.11. The monoisotopic (exact) mass is 409 g/mol. The maximum Gasteiger partial charge on any atom is 0.255 e. The summed E-state index contributed by atoms with van der Waals surface area (Å²) < 4.78 is 1.75. The van der Waals surface area contributed by atoms with Gasteiger partial charge in [0, 0.05) is 22.5 Å². The number of rotatable bonds is 4. The third kappa shape index (κ3) is 4.17. The summed E-state index contributed by atoms with van der Waals surface area (Å²) in [7, 11) is 1.82. The highest BCUT2D eigenvalue weighted by molar-refractivity contribution is 9.11. The molecule has 0 N–H and O–H groups in total. The van der Waals surface area contributed by atoms with E-state index in [1.54, 1.807) is 4.90 Å². The lowest BCUT2D eigenvalue weighted by atomic mass is 10.1. The van der Waals surface area contributed by atoms with Crippen LogP contribution in [0, 0.1) is 0 Å². The predicted octanol–water partition coefficient (Wildman–Crippen LogP) is 5.05. The molecular weight excluding hydrogens is 394 g/mol. The van der Waals surface area contributed by atoms with Gasteiger partial charge in [-0.3, -0.25) is 4.79 Å². The molecule has 0 aliphatic heterocycles. The average molecular weight is 411 g/mol. The fourth-order valence-corrected chi connectivity index (χ4v) is 3.31. The molecule has 0 bridgehead atoms. The van der Waals surface area contributed by atoms with Gasteiger partial charge in [-0.1, -0.05) is 47.1 Å². The van der Waals surface area contributed by atoms with E-state index in [-0.39, 0.29) is 5.91 Å². The first-order valence-electron chi connectivity index (χ1n) is 6.79. The molecule has 0 fully saturated rings. The first-order chi connectivity index (χ1) is 10.0. The predicted molar refractivity (Wildman–Crippen MR) is 93.5 cm³/mol. The third-order valence-corrected chi connectivity index (χ3v) is 4.51. The van der Waals surface area contributed by atoms with Gasteiger partial charge in [0.1, 0.15) is 0 Å². The van der Waals surface area contributed by atoms with Crippen molar-refractivity contribution in [1.29, 1.82) is 0 Å². The topological polar surface area (TPSA) is 20.3 Å². The molecule has 0 spiro atoms. The molecule has 21 heavy (non-hydrogen) atoms. The van der Waals surface area contributed by atoms with E-state index in [0.717, 1.165) is 20.9 Å². The molecule has 4 heteroatoms. The van der Waals surface area contributed by atoms with E-state index < -0.39 is 0 Å². The highest BCUT2D eigenvalue weighted by atomic mass is 79.9. The second-order valence-electron chi connectivity index (χ2n) is 4.96. The number of carbonyl (C=O) groups is 1. The van der Waals surface area contributed by atoms with Crippen molar-refractivity contribution in [2.75, 3.05) is 7.05 Å². The van der Waals surface area contributed by atoms with Crippen molar-refractivity contribution in [2.24, 2.45) is 0 Å². The molecule has 0 aromatic heterocycles. The largest absolute Gasteiger partial charge is 0.337 e. The van der Waals surface area contributed by atoms with E-state index in [0.29, 0.717) is 12.1 Å². The maximum absolute atomic E-state index is 12.5. The minimum Gasteiger partial charge on any atom is -0.337 e. The summed E-state index contributed by atoms with van der Waals surface area (Å²) in [6, 6.07) is 14.0. The Morgan fingerprint density at radius 1 is 1.05 bits per heavy atom. The molecule has 2 aromatic rings. The fraction of sp³-hybridized carbons (Fsp3) is 0.235. The Morgan fingerprint density at radius 3 is 2.24 bits per heavy atom. The number of hydrogen-bond donors (Lipinski definition) is 0. The van der Waals surface area contributed by atoms with Crippen molar-refractivity contribution in [2.45, 2.75) is 19.9 Å². The molecule has 0 heterocycles. The Kier molecular flexibility index (Phi) is 5.59. The minimum absolute atomic E-state index is 0.00828. The first-order valence-corrected chi connectivity index (χ1v) is 8.38. The van der Waals surface area contributed by atoms with Crippen molar-refractivity contribution in [3.63, 3.8) is 0 Å². The molecule has 0 saturated carbocycles. The summed E-state index contributed by atoms with van der Waals surface area (Å²) in [6.45, 7) is 2.74. The SMILES string of the molecule is CCc1ccc(CN(C)C(=O)c2ccc(Br)cc2Br)cc1. The summed E-state index contributed by atoms with van der Waals surface area (Å²) >= 11 is 6.84. The lowest BCUT2D eigenvalue weighted by Gasteiger charge is -2.18. The van der Waals surface area contributed by atoms with Gasteiger partial charge in [0.2, 0.25) is 0 Å². The third-order valence-electron chi connectivity index (χ3n) is 3.36. The van der Waals surface area contributed by atoms with E-state index in [9.17, 15) is 4.79 Å². The molecular formula is C17H17Br2NO. The molecule has 2 aromatic carbocycles. The van der Waals surface area contributed by atoms with Crippen molar-refractivity contribution in [1.82, 2.24) is 4.90 Å². The molecule has 0 saturated heterocycles. The van der Waals surface area contributed by atoms with Gasteiger partial charge in [-0.15, -0.1) is 0 Å². The lowest BCUT2D eigenvalue weighted by molar-refractivity contribution is 0.0784. The summed E-state index contributed by atoms with van der Waals surface area (Å²) in [4.78, 5) is 14.2. The fourth-order valence-electron chi connectivity index (χ4n) is 2.09. The molecule has 0 atom stereocenters. The van der Waals surface area contributed by atoms with Crippen LogP contribution in [0.5, 0.6) is 0 Å². The molecule has 0 radical (unpaired) electrons. The average Bonchev–Trinajstić information content (AvgIpc) is 2.47. The van der Waals surface area contributed by atoms with Gasteiger partial charge in [-0.05, 0) is 51.7 Å². The molecule has 110 valence electrons.